The molecule has 0 atom stereocenters. The van der Waals surface area contributed by atoms with Gasteiger partial charge in [-0.2, -0.15) is 4.98 Å². The lowest BCUT2D eigenvalue weighted by Gasteiger charge is -2.21. The van der Waals surface area contributed by atoms with E-state index in [0.29, 0.717) is 23.3 Å². The molecular weight excluding hydrogens is 306 g/mol. The van der Waals surface area contributed by atoms with E-state index in [2.05, 4.69) is 15.0 Å². The maximum absolute atomic E-state index is 11.2. The highest BCUT2D eigenvalue weighted by molar-refractivity contribution is 5.97. The van der Waals surface area contributed by atoms with Gasteiger partial charge < -0.3 is 15.7 Å². The minimum Gasteiger partial charge on any atom is -0.478 e. The summed E-state index contributed by atoms with van der Waals surface area (Å²) in [7, 11) is 1.88. The van der Waals surface area contributed by atoms with Crippen LogP contribution in [0.5, 0.6) is 0 Å². The predicted octanol–water partition coefficient (Wildman–Crippen LogP) is 2.25. The van der Waals surface area contributed by atoms with Gasteiger partial charge in [0.25, 0.3) is 0 Å². The summed E-state index contributed by atoms with van der Waals surface area (Å²) >= 11 is 0. The number of aryl methyl sites for hydroxylation is 1. The number of aromatic carboxylic acids is 1. The molecule has 0 unspecified atom stereocenters. The summed E-state index contributed by atoms with van der Waals surface area (Å²) in [5, 5.41) is 9.87. The standard InChI is InChI=1S/C17H17N5O2/c1-10-8-19-6-5-12(10)9-22(2)15-13-7-11(16(23)24)3-4-14(13)20-17(18)21-15/h3-8H,9H2,1-2H3,(H,23,24)(H2,18,20,21). The first-order valence-electron chi connectivity index (χ1n) is 7.37. The molecule has 0 saturated heterocycles. The zero-order valence-corrected chi connectivity index (χ0v) is 13.4. The lowest BCUT2D eigenvalue weighted by molar-refractivity contribution is 0.0697. The molecule has 0 bridgehead atoms. The highest BCUT2D eigenvalue weighted by Crippen LogP contribution is 2.26. The molecule has 0 aliphatic carbocycles. The van der Waals surface area contributed by atoms with E-state index in [1.165, 1.54) is 6.07 Å². The SMILES string of the molecule is Cc1cnccc1CN(C)c1nc(N)nc2ccc(C(=O)O)cc12. The van der Waals surface area contributed by atoms with Crippen LogP contribution < -0.4 is 10.6 Å². The van der Waals surface area contributed by atoms with Gasteiger partial charge in [-0.1, -0.05) is 0 Å². The number of carboxylic acid groups (broad SMARTS) is 1. The van der Waals surface area contributed by atoms with Crippen LogP contribution in [-0.2, 0) is 6.54 Å². The number of nitrogen functional groups attached to an aromatic ring is 1. The van der Waals surface area contributed by atoms with Gasteiger partial charge in [-0.15, -0.1) is 0 Å². The number of pyridine rings is 1. The van der Waals surface area contributed by atoms with Crippen molar-refractivity contribution in [2.75, 3.05) is 17.7 Å². The molecule has 0 fully saturated rings. The molecule has 3 N–H and O–H groups in total. The molecule has 0 spiro atoms. The van der Waals surface area contributed by atoms with Crippen LogP contribution in [0.2, 0.25) is 0 Å². The van der Waals surface area contributed by atoms with E-state index in [-0.39, 0.29) is 11.5 Å². The number of aromatic nitrogens is 3. The van der Waals surface area contributed by atoms with Crippen molar-refractivity contribution in [2.45, 2.75) is 13.5 Å². The van der Waals surface area contributed by atoms with E-state index >= 15 is 0 Å². The molecule has 2 aromatic heterocycles. The molecule has 0 saturated carbocycles. The van der Waals surface area contributed by atoms with Gasteiger partial charge in [0.1, 0.15) is 5.82 Å². The van der Waals surface area contributed by atoms with Crippen LogP contribution in [0.4, 0.5) is 11.8 Å². The number of rotatable bonds is 4. The number of carbonyl (C=O) groups is 1. The maximum atomic E-state index is 11.2. The molecule has 7 heteroatoms. The van der Waals surface area contributed by atoms with Gasteiger partial charge in [0.15, 0.2) is 0 Å². The molecule has 122 valence electrons. The van der Waals surface area contributed by atoms with E-state index in [9.17, 15) is 9.90 Å². The Morgan fingerprint density at radius 3 is 2.79 bits per heavy atom. The van der Waals surface area contributed by atoms with Gasteiger partial charge in [-0.05, 0) is 42.3 Å². The quantitative estimate of drug-likeness (QED) is 0.758. The average molecular weight is 323 g/mol. The summed E-state index contributed by atoms with van der Waals surface area (Å²) < 4.78 is 0. The first kappa shape index (κ1) is 15.7. The summed E-state index contributed by atoms with van der Waals surface area (Å²) in [4.78, 5) is 25.8. The Hall–Kier alpha value is -3.22. The van der Waals surface area contributed by atoms with Gasteiger partial charge in [0.05, 0.1) is 11.1 Å². The first-order chi connectivity index (χ1) is 11.5. The average Bonchev–Trinajstić information content (AvgIpc) is 2.55. The summed E-state index contributed by atoms with van der Waals surface area (Å²) in [5.74, 6) is -0.247. The van der Waals surface area contributed by atoms with Gasteiger partial charge in [-0.25, -0.2) is 9.78 Å². The van der Waals surface area contributed by atoms with E-state index in [1.807, 2.05) is 24.9 Å². The third-order valence-corrected chi connectivity index (χ3v) is 3.85. The highest BCUT2D eigenvalue weighted by Gasteiger charge is 2.14. The Bertz CT molecular complexity index is 926. The molecule has 1 aromatic carbocycles. The largest absolute Gasteiger partial charge is 0.478 e. The number of hydrogen-bond acceptors (Lipinski definition) is 6. The number of hydrogen-bond donors (Lipinski definition) is 2. The summed E-state index contributed by atoms with van der Waals surface area (Å²) in [6.45, 7) is 2.59. The zero-order chi connectivity index (χ0) is 17.3. The number of anilines is 2. The molecule has 0 radical (unpaired) electrons. The smallest absolute Gasteiger partial charge is 0.335 e. The summed E-state index contributed by atoms with van der Waals surface area (Å²) in [6, 6.07) is 6.67. The van der Waals surface area contributed by atoms with Crippen molar-refractivity contribution in [3.63, 3.8) is 0 Å². The van der Waals surface area contributed by atoms with E-state index in [4.69, 9.17) is 5.73 Å². The fourth-order valence-corrected chi connectivity index (χ4v) is 2.56. The molecule has 0 aliphatic rings. The third-order valence-electron chi connectivity index (χ3n) is 3.85. The molecule has 0 aliphatic heterocycles. The Morgan fingerprint density at radius 1 is 1.29 bits per heavy atom. The topological polar surface area (TPSA) is 105 Å². The fourth-order valence-electron chi connectivity index (χ4n) is 2.56. The second-order valence-electron chi connectivity index (χ2n) is 5.60. The van der Waals surface area contributed by atoms with Crippen LogP contribution in [-0.4, -0.2) is 33.1 Å². The van der Waals surface area contributed by atoms with Gasteiger partial charge in [-0.3, -0.25) is 4.98 Å². The van der Waals surface area contributed by atoms with E-state index in [0.717, 1.165) is 11.1 Å². The highest BCUT2D eigenvalue weighted by atomic mass is 16.4. The van der Waals surface area contributed by atoms with Gasteiger partial charge in [0.2, 0.25) is 5.95 Å². The van der Waals surface area contributed by atoms with Crippen LogP contribution >= 0.6 is 0 Å². The van der Waals surface area contributed by atoms with Crippen molar-refractivity contribution in [1.29, 1.82) is 0 Å². The lowest BCUT2D eigenvalue weighted by Crippen LogP contribution is -2.20. The van der Waals surface area contributed by atoms with Crippen LogP contribution in [0.15, 0.2) is 36.7 Å². The van der Waals surface area contributed by atoms with Gasteiger partial charge >= 0.3 is 5.97 Å². The maximum Gasteiger partial charge on any atom is 0.335 e. The second kappa shape index (κ2) is 6.11. The summed E-state index contributed by atoms with van der Waals surface area (Å²) in [5.41, 5.74) is 8.78. The number of benzene rings is 1. The van der Waals surface area contributed by atoms with Crippen molar-refractivity contribution < 1.29 is 9.90 Å². The number of fused-ring (bicyclic) bond motifs is 1. The molecule has 3 rings (SSSR count). The van der Waals surface area contributed by atoms with Crippen molar-refractivity contribution in [2.24, 2.45) is 0 Å². The van der Waals surface area contributed by atoms with Crippen molar-refractivity contribution >= 4 is 28.6 Å². The van der Waals surface area contributed by atoms with Crippen LogP contribution in [0.25, 0.3) is 10.9 Å². The van der Waals surface area contributed by atoms with Crippen LogP contribution in [0.1, 0.15) is 21.5 Å². The lowest BCUT2D eigenvalue weighted by atomic mass is 10.1. The Balaban J connectivity index is 2.08. The predicted molar refractivity (Wildman–Crippen MR) is 92.0 cm³/mol. The molecular formula is C17H17N5O2. The van der Waals surface area contributed by atoms with Crippen LogP contribution in [0, 0.1) is 6.92 Å². The number of nitrogens with two attached hydrogens (primary N) is 1. The second-order valence-corrected chi connectivity index (χ2v) is 5.60. The Kier molecular flexibility index (Phi) is 3.99. The normalized spacial score (nSPS) is 10.8. The van der Waals surface area contributed by atoms with E-state index < -0.39 is 5.97 Å². The van der Waals surface area contributed by atoms with Crippen LogP contribution in [0.3, 0.4) is 0 Å². The number of nitrogens with zero attached hydrogens (tertiary/aromatic N) is 4. The molecule has 0 amide bonds. The Labute approximate surface area is 138 Å². The third kappa shape index (κ3) is 2.96. The zero-order valence-electron chi connectivity index (χ0n) is 13.4. The first-order valence-corrected chi connectivity index (χ1v) is 7.37. The minimum absolute atomic E-state index is 0.152. The van der Waals surface area contributed by atoms with Crippen molar-refractivity contribution in [3.05, 3.63) is 53.3 Å². The fraction of sp³-hybridized carbons (Fsp3) is 0.176. The monoisotopic (exact) mass is 323 g/mol. The molecule has 3 aromatic rings. The summed E-state index contributed by atoms with van der Waals surface area (Å²) in [6.07, 6.45) is 3.54. The van der Waals surface area contributed by atoms with Gasteiger partial charge in [0, 0.05) is 31.4 Å². The van der Waals surface area contributed by atoms with Crippen molar-refractivity contribution in [1.82, 2.24) is 15.0 Å². The minimum atomic E-state index is -0.993. The Morgan fingerprint density at radius 2 is 2.08 bits per heavy atom. The van der Waals surface area contributed by atoms with Crippen molar-refractivity contribution in [3.8, 4) is 0 Å². The molecule has 7 nitrogen and oxygen atoms in total. The van der Waals surface area contributed by atoms with E-state index in [1.54, 1.807) is 24.5 Å². The molecule has 24 heavy (non-hydrogen) atoms. The number of carboxylic acids is 1. The molecule has 2 heterocycles.